The molecule has 116 valence electrons. The summed E-state index contributed by atoms with van der Waals surface area (Å²) in [6, 6.07) is 5.49. The van der Waals surface area contributed by atoms with Crippen LogP contribution in [0.3, 0.4) is 0 Å². The number of nitrogens with one attached hydrogen (secondary N) is 1. The van der Waals surface area contributed by atoms with E-state index in [4.69, 9.17) is 5.11 Å². The van der Waals surface area contributed by atoms with E-state index in [-0.39, 0.29) is 18.4 Å². The first-order chi connectivity index (χ1) is 9.90. The maximum atomic E-state index is 13.1. The number of carboxylic acid groups (broad SMARTS) is 1. The zero-order chi connectivity index (χ0) is 15.8. The number of aliphatic carboxylic acids is 1. The Morgan fingerprint density at radius 2 is 2.10 bits per heavy atom. The lowest BCUT2D eigenvalue weighted by Crippen LogP contribution is -2.38. The number of carbonyl (C=O) groups excluding carboxylic acids is 1. The van der Waals surface area contributed by atoms with Crippen LogP contribution in [0, 0.1) is 11.7 Å². The topological polar surface area (TPSA) is 69.6 Å². The van der Waals surface area contributed by atoms with Crippen molar-refractivity contribution in [2.75, 3.05) is 18.5 Å². The molecule has 0 saturated heterocycles. The molecule has 1 aromatic rings. The van der Waals surface area contributed by atoms with Crippen molar-refractivity contribution in [1.29, 1.82) is 0 Å². The third-order valence-electron chi connectivity index (χ3n) is 3.26. The Balaban J connectivity index is 2.35. The van der Waals surface area contributed by atoms with Gasteiger partial charge in [0.15, 0.2) is 0 Å². The van der Waals surface area contributed by atoms with E-state index in [9.17, 15) is 14.0 Å². The van der Waals surface area contributed by atoms with Crippen LogP contribution in [0.15, 0.2) is 24.3 Å². The Bertz CT molecular complexity index is 494. The van der Waals surface area contributed by atoms with Crippen molar-refractivity contribution >= 4 is 17.7 Å². The van der Waals surface area contributed by atoms with E-state index in [1.54, 1.807) is 19.2 Å². The monoisotopic (exact) mass is 296 g/mol. The second-order valence-corrected chi connectivity index (χ2v) is 5.10. The number of hydrogen-bond acceptors (Lipinski definition) is 2. The van der Waals surface area contributed by atoms with Crippen molar-refractivity contribution in [3.05, 3.63) is 30.1 Å². The van der Waals surface area contributed by atoms with Gasteiger partial charge in [0.2, 0.25) is 0 Å². The minimum atomic E-state index is -0.809. The highest BCUT2D eigenvalue weighted by Gasteiger charge is 2.11. The molecule has 2 N–H and O–H groups in total. The molecule has 0 radical (unpaired) electrons. The Morgan fingerprint density at radius 3 is 2.71 bits per heavy atom. The third kappa shape index (κ3) is 6.25. The van der Waals surface area contributed by atoms with Gasteiger partial charge in [-0.05, 0) is 37.0 Å². The Hall–Kier alpha value is -2.11. The number of nitrogens with zero attached hydrogens (tertiary/aromatic N) is 1. The van der Waals surface area contributed by atoms with Crippen LogP contribution in [-0.4, -0.2) is 30.7 Å². The van der Waals surface area contributed by atoms with E-state index >= 15 is 0 Å². The van der Waals surface area contributed by atoms with Gasteiger partial charge in [-0.25, -0.2) is 9.18 Å². The lowest BCUT2D eigenvalue weighted by molar-refractivity contribution is -0.137. The second-order valence-electron chi connectivity index (χ2n) is 5.10. The van der Waals surface area contributed by atoms with Crippen molar-refractivity contribution in [1.82, 2.24) is 5.32 Å². The minimum absolute atomic E-state index is 0.137. The van der Waals surface area contributed by atoms with Gasteiger partial charge in [-0.3, -0.25) is 9.69 Å². The van der Waals surface area contributed by atoms with Crippen LogP contribution < -0.4 is 10.2 Å². The number of carboxylic acids is 1. The number of rotatable bonds is 7. The van der Waals surface area contributed by atoms with Crippen LogP contribution in [0.25, 0.3) is 0 Å². The quantitative estimate of drug-likeness (QED) is 0.813. The Morgan fingerprint density at radius 1 is 1.38 bits per heavy atom. The summed E-state index contributed by atoms with van der Waals surface area (Å²) in [6.45, 7) is 2.41. The molecule has 0 heterocycles. The third-order valence-corrected chi connectivity index (χ3v) is 3.26. The fraction of sp³-hybridized carbons (Fsp3) is 0.467. The van der Waals surface area contributed by atoms with E-state index < -0.39 is 11.8 Å². The van der Waals surface area contributed by atoms with Gasteiger partial charge in [0.05, 0.1) is 0 Å². The molecule has 6 heteroatoms. The molecule has 0 spiro atoms. The summed E-state index contributed by atoms with van der Waals surface area (Å²) < 4.78 is 13.1. The molecule has 0 aliphatic rings. The molecule has 1 rings (SSSR count). The van der Waals surface area contributed by atoms with E-state index in [1.807, 2.05) is 6.92 Å². The molecular weight excluding hydrogens is 275 g/mol. The second kappa shape index (κ2) is 8.24. The number of amides is 2. The van der Waals surface area contributed by atoms with Crippen LogP contribution >= 0.6 is 0 Å². The van der Waals surface area contributed by atoms with Crippen LogP contribution in [-0.2, 0) is 4.79 Å². The molecule has 0 aliphatic heterocycles. The molecule has 0 bridgehead atoms. The Kier molecular flexibility index (Phi) is 6.65. The number of anilines is 1. The minimum Gasteiger partial charge on any atom is -0.481 e. The van der Waals surface area contributed by atoms with E-state index in [2.05, 4.69) is 5.32 Å². The highest BCUT2D eigenvalue weighted by Crippen LogP contribution is 2.14. The van der Waals surface area contributed by atoms with Gasteiger partial charge in [0.1, 0.15) is 5.82 Å². The van der Waals surface area contributed by atoms with Gasteiger partial charge in [-0.2, -0.15) is 0 Å². The number of carbonyl (C=O) groups is 2. The predicted octanol–water partition coefficient (Wildman–Crippen LogP) is 2.86. The highest BCUT2D eigenvalue weighted by atomic mass is 19.1. The van der Waals surface area contributed by atoms with E-state index in [0.29, 0.717) is 25.1 Å². The zero-order valence-electron chi connectivity index (χ0n) is 12.3. The summed E-state index contributed by atoms with van der Waals surface area (Å²) in [6.07, 6.45) is 1.43. The normalized spacial score (nSPS) is 11.8. The summed E-state index contributed by atoms with van der Waals surface area (Å²) in [5.74, 6) is -0.980. The molecule has 0 aliphatic carbocycles. The van der Waals surface area contributed by atoms with E-state index in [1.165, 1.54) is 17.0 Å². The van der Waals surface area contributed by atoms with Gasteiger partial charge in [0.25, 0.3) is 0 Å². The lowest BCUT2D eigenvalue weighted by Gasteiger charge is -2.19. The molecular formula is C15H21FN2O3. The van der Waals surface area contributed by atoms with E-state index in [0.717, 1.165) is 0 Å². The molecule has 1 atom stereocenters. The van der Waals surface area contributed by atoms with Crippen molar-refractivity contribution < 1.29 is 19.1 Å². The van der Waals surface area contributed by atoms with Crippen molar-refractivity contribution in [3.63, 3.8) is 0 Å². The molecule has 2 amide bonds. The van der Waals surface area contributed by atoms with Crippen LogP contribution in [0.4, 0.5) is 14.9 Å². The van der Waals surface area contributed by atoms with Crippen LogP contribution in [0.2, 0.25) is 0 Å². The van der Waals surface area contributed by atoms with Crippen molar-refractivity contribution in [2.24, 2.45) is 5.92 Å². The van der Waals surface area contributed by atoms with Gasteiger partial charge >= 0.3 is 12.0 Å². The number of halogens is 1. The SMILES string of the molecule is CC(CCNC(=O)N(C)c1cccc(F)c1)CCC(=O)O. The fourth-order valence-electron chi connectivity index (χ4n) is 1.86. The first-order valence-electron chi connectivity index (χ1n) is 6.89. The largest absolute Gasteiger partial charge is 0.481 e. The Labute approximate surface area is 123 Å². The standard InChI is InChI=1S/C15H21FN2O3/c1-11(6-7-14(19)20)8-9-17-15(21)18(2)13-5-3-4-12(16)10-13/h3-5,10-11H,6-9H2,1-2H3,(H,17,21)(H,19,20). The van der Waals surface area contributed by atoms with Gasteiger partial charge in [-0.15, -0.1) is 0 Å². The molecule has 0 saturated carbocycles. The zero-order valence-corrected chi connectivity index (χ0v) is 12.3. The number of benzene rings is 1. The molecule has 0 fully saturated rings. The summed E-state index contributed by atoms with van der Waals surface area (Å²) in [5, 5.41) is 11.3. The summed E-state index contributed by atoms with van der Waals surface area (Å²) in [7, 11) is 1.57. The number of urea groups is 1. The maximum absolute atomic E-state index is 13.1. The van der Waals surface area contributed by atoms with Gasteiger partial charge < -0.3 is 10.4 Å². The number of hydrogen-bond donors (Lipinski definition) is 2. The molecule has 21 heavy (non-hydrogen) atoms. The van der Waals surface area contributed by atoms with Crippen molar-refractivity contribution in [2.45, 2.75) is 26.2 Å². The summed E-state index contributed by atoms with van der Waals surface area (Å²) >= 11 is 0. The molecule has 0 aromatic heterocycles. The van der Waals surface area contributed by atoms with Crippen LogP contribution in [0.5, 0.6) is 0 Å². The average molecular weight is 296 g/mol. The van der Waals surface area contributed by atoms with Crippen LogP contribution in [0.1, 0.15) is 26.2 Å². The molecule has 5 nitrogen and oxygen atoms in total. The smallest absolute Gasteiger partial charge is 0.321 e. The molecule has 1 unspecified atom stereocenters. The first-order valence-corrected chi connectivity index (χ1v) is 6.89. The fourth-order valence-corrected chi connectivity index (χ4v) is 1.86. The predicted molar refractivity (Wildman–Crippen MR) is 78.9 cm³/mol. The van der Waals surface area contributed by atoms with Gasteiger partial charge in [-0.1, -0.05) is 13.0 Å². The maximum Gasteiger partial charge on any atom is 0.321 e. The van der Waals surface area contributed by atoms with Crippen molar-refractivity contribution in [3.8, 4) is 0 Å². The lowest BCUT2D eigenvalue weighted by atomic mass is 10.0. The average Bonchev–Trinajstić information content (AvgIpc) is 2.44. The van der Waals surface area contributed by atoms with Gasteiger partial charge in [0, 0.05) is 25.7 Å². The summed E-state index contributed by atoms with van der Waals surface area (Å²) in [5.41, 5.74) is 0.478. The first kappa shape index (κ1) is 16.9. The highest BCUT2D eigenvalue weighted by molar-refractivity contribution is 5.91. The molecule has 1 aromatic carbocycles. The summed E-state index contributed by atoms with van der Waals surface area (Å²) in [4.78, 5) is 23.7.